The predicted octanol–water partition coefficient (Wildman–Crippen LogP) is 3.58. The maximum absolute atomic E-state index is 4.50. The van der Waals surface area contributed by atoms with Gasteiger partial charge in [-0.3, -0.25) is 9.38 Å². The predicted molar refractivity (Wildman–Crippen MR) is 91.6 cm³/mol. The van der Waals surface area contributed by atoms with E-state index in [4.69, 9.17) is 0 Å². The average molecular weight is 321 g/mol. The molecule has 4 rings (SSSR count). The second kappa shape index (κ2) is 5.62. The molecule has 0 N–H and O–H groups in total. The van der Waals surface area contributed by atoms with Gasteiger partial charge in [0.05, 0.1) is 5.52 Å². The molecule has 6 heteroatoms. The number of para-hydroxylation sites is 1. The number of fused-ring (bicyclic) bond motifs is 2. The molecule has 0 saturated heterocycles. The smallest absolute Gasteiger partial charge is 0.256 e. The Bertz CT molecular complexity index is 1000. The first-order chi connectivity index (χ1) is 11.2. The third-order valence-electron chi connectivity index (χ3n) is 3.74. The lowest BCUT2D eigenvalue weighted by atomic mass is 10.1. The molecule has 0 aliphatic carbocycles. The Balaban J connectivity index is 1.69. The molecule has 0 radical (unpaired) electrons. The molecule has 0 fully saturated rings. The van der Waals surface area contributed by atoms with Crippen molar-refractivity contribution in [1.29, 1.82) is 0 Å². The maximum atomic E-state index is 4.50. The SMILES string of the molecule is Cc1cc(C)n2c(SCc3cccc4cccnc34)nnc2n1. The zero-order valence-electron chi connectivity index (χ0n) is 12.9. The summed E-state index contributed by atoms with van der Waals surface area (Å²) < 4.78 is 2.00. The first-order valence-corrected chi connectivity index (χ1v) is 8.36. The highest BCUT2D eigenvalue weighted by Gasteiger charge is 2.11. The van der Waals surface area contributed by atoms with Crippen molar-refractivity contribution >= 4 is 28.4 Å². The molecule has 3 aromatic heterocycles. The van der Waals surface area contributed by atoms with Gasteiger partial charge in [-0.1, -0.05) is 36.0 Å². The molecule has 0 spiro atoms. The Labute approximate surface area is 137 Å². The fourth-order valence-corrected chi connectivity index (χ4v) is 3.69. The lowest BCUT2D eigenvalue weighted by Crippen LogP contribution is -1.98. The fourth-order valence-electron chi connectivity index (χ4n) is 2.72. The Morgan fingerprint density at radius 1 is 1.09 bits per heavy atom. The number of hydrogen-bond acceptors (Lipinski definition) is 5. The van der Waals surface area contributed by atoms with Crippen molar-refractivity contribution in [1.82, 2.24) is 24.6 Å². The summed E-state index contributed by atoms with van der Waals surface area (Å²) >= 11 is 1.65. The minimum atomic E-state index is 0.654. The van der Waals surface area contributed by atoms with Gasteiger partial charge in [-0.2, -0.15) is 0 Å². The monoisotopic (exact) mass is 321 g/mol. The molecule has 4 aromatic rings. The molecule has 114 valence electrons. The highest BCUT2D eigenvalue weighted by Crippen LogP contribution is 2.26. The zero-order valence-corrected chi connectivity index (χ0v) is 13.7. The van der Waals surface area contributed by atoms with Gasteiger partial charge in [0.1, 0.15) is 0 Å². The van der Waals surface area contributed by atoms with Gasteiger partial charge >= 0.3 is 0 Å². The van der Waals surface area contributed by atoms with Crippen molar-refractivity contribution in [3.63, 3.8) is 0 Å². The molecular weight excluding hydrogens is 306 g/mol. The second-order valence-corrected chi connectivity index (χ2v) is 6.38. The van der Waals surface area contributed by atoms with E-state index in [0.29, 0.717) is 5.78 Å². The van der Waals surface area contributed by atoms with E-state index in [-0.39, 0.29) is 0 Å². The summed E-state index contributed by atoms with van der Waals surface area (Å²) in [6.45, 7) is 4.02. The molecule has 3 heterocycles. The van der Waals surface area contributed by atoms with Gasteiger partial charge in [0.2, 0.25) is 0 Å². The highest BCUT2D eigenvalue weighted by molar-refractivity contribution is 7.98. The molecule has 0 aliphatic rings. The van der Waals surface area contributed by atoms with Gasteiger partial charge in [-0.05, 0) is 31.5 Å². The largest absolute Gasteiger partial charge is 0.259 e. The third kappa shape index (κ3) is 2.55. The van der Waals surface area contributed by atoms with E-state index < -0.39 is 0 Å². The van der Waals surface area contributed by atoms with Crippen LogP contribution in [-0.4, -0.2) is 24.6 Å². The van der Waals surface area contributed by atoms with Crippen LogP contribution in [0.3, 0.4) is 0 Å². The highest BCUT2D eigenvalue weighted by atomic mass is 32.2. The van der Waals surface area contributed by atoms with E-state index in [2.05, 4.69) is 51.4 Å². The number of rotatable bonds is 3. The number of pyridine rings is 1. The van der Waals surface area contributed by atoms with Crippen molar-refractivity contribution in [2.45, 2.75) is 24.8 Å². The van der Waals surface area contributed by atoms with Crippen LogP contribution in [-0.2, 0) is 5.75 Å². The van der Waals surface area contributed by atoms with Crippen molar-refractivity contribution in [3.05, 3.63) is 59.5 Å². The van der Waals surface area contributed by atoms with Crippen molar-refractivity contribution in [3.8, 4) is 0 Å². The van der Waals surface area contributed by atoms with Gasteiger partial charge < -0.3 is 0 Å². The van der Waals surface area contributed by atoms with Gasteiger partial charge in [0, 0.05) is 28.7 Å². The summed E-state index contributed by atoms with van der Waals surface area (Å²) in [6.07, 6.45) is 1.83. The Kier molecular flexibility index (Phi) is 3.46. The minimum absolute atomic E-state index is 0.654. The molecule has 1 aromatic carbocycles. The van der Waals surface area contributed by atoms with Crippen LogP contribution in [0.5, 0.6) is 0 Å². The number of aromatic nitrogens is 5. The van der Waals surface area contributed by atoms with Crippen LogP contribution in [0.4, 0.5) is 0 Å². The Morgan fingerprint density at radius 3 is 2.87 bits per heavy atom. The van der Waals surface area contributed by atoms with E-state index in [1.54, 1.807) is 11.8 Å². The average Bonchev–Trinajstić information content (AvgIpc) is 2.96. The molecule has 0 saturated carbocycles. The summed E-state index contributed by atoms with van der Waals surface area (Å²) in [5.74, 6) is 1.45. The normalized spacial score (nSPS) is 11.4. The van der Waals surface area contributed by atoms with Gasteiger partial charge in [0.15, 0.2) is 5.16 Å². The van der Waals surface area contributed by atoms with E-state index in [9.17, 15) is 0 Å². The van der Waals surface area contributed by atoms with Crippen LogP contribution < -0.4 is 0 Å². The van der Waals surface area contributed by atoms with Gasteiger partial charge in [-0.15, -0.1) is 10.2 Å². The maximum Gasteiger partial charge on any atom is 0.256 e. The minimum Gasteiger partial charge on any atom is -0.259 e. The second-order valence-electron chi connectivity index (χ2n) is 5.44. The molecule has 0 aliphatic heterocycles. The van der Waals surface area contributed by atoms with Gasteiger partial charge in [-0.25, -0.2) is 4.98 Å². The van der Waals surface area contributed by atoms with Crippen LogP contribution in [0.25, 0.3) is 16.7 Å². The number of hydrogen-bond donors (Lipinski definition) is 0. The topological polar surface area (TPSA) is 56.0 Å². The van der Waals surface area contributed by atoms with Crippen molar-refractivity contribution < 1.29 is 0 Å². The number of thioether (sulfide) groups is 1. The summed E-state index contributed by atoms with van der Waals surface area (Å²) in [6, 6.07) is 12.3. The van der Waals surface area contributed by atoms with Crippen LogP contribution in [0, 0.1) is 13.8 Å². The molecular formula is C17H15N5S. The Morgan fingerprint density at radius 2 is 1.96 bits per heavy atom. The number of benzene rings is 1. The lowest BCUT2D eigenvalue weighted by Gasteiger charge is -2.06. The van der Waals surface area contributed by atoms with Crippen LogP contribution in [0.1, 0.15) is 17.0 Å². The first-order valence-electron chi connectivity index (χ1n) is 7.37. The molecule has 23 heavy (non-hydrogen) atoms. The van der Waals surface area contributed by atoms with Crippen molar-refractivity contribution in [2.24, 2.45) is 0 Å². The molecule has 0 unspecified atom stereocenters. The van der Waals surface area contributed by atoms with E-state index in [1.807, 2.05) is 29.7 Å². The first kappa shape index (κ1) is 14.1. The van der Waals surface area contributed by atoms with E-state index in [0.717, 1.165) is 33.2 Å². The number of aryl methyl sites for hydroxylation is 2. The molecule has 0 atom stereocenters. The molecule has 5 nitrogen and oxygen atoms in total. The van der Waals surface area contributed by atoms with E-state index >= 15 is 0 Å². The van der Waals surface area contributed by atoms with Crippen LogP contribution >= 0.6 is 11.8 Å². The quantitative estimate of drug-likeness (QED) is 0.540. The van der Waals surface area contributed by atoms with Crippen LogP contribution in [0.15, 0.2) is 47.8 Å². The zero-order chi connectivity index (χ0) is 15.8. The summed E-state index contributed by atoms with van der Waals surface area (Å²) in [5, 5.41) is 10.5. The standard InChI is InChI=1S/C17H15N5S/c1-11-9-12(2)22-16(19-11)20-21-17(22)23-10-14-6-3-5-13-7-4-8-18-15(13)14/h3-9H,10H2,1-2H3. The number of nitrogens with zero attached hydrogens (tertiary/aromatic N) is 5. The molecule has 0 bridgehead atoms. The summed E-state index contributed by atoms with van der Waals surface area (Å²) in [5.41, 5.74) is 4.29. The van der Waals surface area contributed by atoms with Crippen molar-refractivity contribution in [2.75, 3.05) is 0 Å². The van der Waals surface area contributed by atoms with E-state index in [1.165, 1.54) is 5.56 Å². The summed E-state index contributed by atoms with van der Waals surface area (Å²) in [7, 11) is 0. The lowest BCUT2D eigenvalue weighted by molar-refractivity contribution is 0.886. The van der Waals surface area contributed by atoms with Gasteiger partial charge in [0.25, 0.3) is 5.78 Å². The third-order valence-corrected chi connectivity index (χ3v) is 4.71. The summed E-state index contributed by atoms with van der Waals surface area (Å²) in [4.78, 5) is 8.93. The fraction of sp³-hybridized carbons (Fsp3) is 0.176. The Hall–Kier alpha value is -2.47. The molecule has 0 amide bonds. The van der Waals surface area contributed by atoms with Crippen LogP contribution in [0.2, 0.25) is 0 Å².